The second-order valence-corrected chi connectivity index (χ2v) is 5.78. The fourth-order valence-corrected chi connectivity index (χ4v) is 1.70. The molecule has 0 atom stereocenters. The Morgan fingerprint density at radius 1 is 1.32 bits per heavy atom. The number of carbonyl (C=O) groups is 2. The van der Waals surface area contributed by atoms with E-state index in [1.807, 2.05) is 13.0 Å². The van der Waals surface area contributed by atoms with Crippen LogP contribution in [0.4, 0.5) is 4.79 Å². The van der Waals surface area contributed by atoms with E-state index in [1.54, 1.807) is 26.8 Å². The minimum Gasteiger partial charge on any atom is -0.478 e. The number of benzene rings is 1. The SMILES string of the molecule is Cc1cccc(C(=O)O)c1C#CCCNC(=O)OC(C)(C)C. The molecule has 0 unspecified atom stereocenters. The van der Waals surface area contributed by atoms with Gasteiger partial charge in [-0.2, -0.15) is 0 Å². The van der Waals surface area contributed by atoms with Crippen molar-refractivity contribution in [2.24, 2.45) is 0 Å². The van der Waals surface area contributed by atoms with Crippen molar-refractivity contribution in [1.29, 1.82) is 0 Å². The van der Waals surface area contributed by atoms with Crippen LogP contribution >= 0.6 is 0 Å². The molecule has 1 rings (SSSR count). The van der Waals surface area contributed by atoms with E-state index in [-0.39, 0.29) is 5.56 Å². The van der Waals surface area contributed by atoms with Gasteiger partial charge in [0.05, 0.1) is 5.56 Å². The molecule has 0 heterocycles. The van der Waals surface area contributed by atoms with Crippen LogP contribution in [0.2, 0.25) is 0 Å². The van der Waals surface area contributed by atoms with Crippen molar-refractivity contribution in [3.63, 3.8) is 0 Å². The zero-order valence-electron chi connectivity index (χ0n) is 13.3. The van der Waals surface area contributed by atoms with Gasteiger partial charge < -0.3 is 15.2 Å². The minimum absolute atomic E-state index is 0.188. The standard InChI is InChI=1S/C17H21NO4/c1-12-8-7-10-14(15(19)20)13(12)9-5-6-11-18-16(21)22-17(2,3)4/h7-8,10H,6,11H2,1-4H3,(H,18,21)(H,19,20). The van der Waals surface area contributed by atoms with Crippen molar-refractivity contribution in [2.45, 2.75) is 39.7 Å². The maximum absolute atomic E-state index is 11.4. The van der Waals surface area contributed by atoms with Crippen LogP contribution in [0.25, 0.3) is 0 Å². The Bertz CT molecular complexity index is 618. The van der Waals surface area contributed by atoms with E-state index in [0.29, 0.717) is 18.5 Å². The summed E-state index contributed by atoms with van der Waals surface area (Å²) >= 11 is 0. The third kappa shape index (κ3) is 5.88. The fourth-order valence-electron chi connectivity index (χ4n) is 1.70. The first-order chi connectivity index (χ1) is 10.2. The molecule has 0 radical (unpaired) electrons. The lowest BCUT2D eigenvalue weighted by Crippen LogP contribution is -2.32. The Balaban J connectivity index is 2.59. The lowest BCUT2D eigenvalue weighted by molar-refractivity contribution is 0.0528. The maximum Gasteiger partial charge on any atom is 0.407 e. The highest BCUT2D eigenvalue weighted by Crippen LogP contribution is 2.13. The summed E-state index contributed by atoms with van der Waals surface area (Å²) in [5.41, 5.74) is 0.972. The van der Waals surface area contributed by atoms with Gasteiger partial charge in [0.2, 0.25) is 0 Å². The number of nitrogens with one attached hydrogen (secondary N) is 1. The van der Waals surface area contributed by atoms with Crippen molar-refractivity contribution in [1.82, 2.24) is 5.32 Å². The normalized spacial score (nSPS) is 10.4. The summed E-state index contributed by atoms with van der Waals surface area (Å²) in [6.07, 6.45) is -0.0801. The molecule has 1 aromatic rings. The van der Waals surface area contributed by atoms with Gasteiger partial charge in [0.15, 0.2) is 0 Å². The number of aromatic carboxylic acids is 1. The molecule has 0 aliphatic carbocycles. The molecule has 5 heteroatoms. The van der Waals surface area contributed by atoms with E-state index >= 15 is 0 Å². The number of rotatable bonds is 3. The van der Waals surface area contributed by atoms with Gasteiger partial charge >= 0.3 is 12.1 Å². The second-order valence-electron chi connectivity index (χ2n) is 5.78. The molecule has 0 bridgehead atoms. The van der Waals surface area contributed by atoms with Crippen LogP contribution in [-0.2, 0) is 4.74 Å². The molecular weight excluding hydrogens is 282 g/mol. The van der Waals surface area contributed by atoms with E-state index in [2.05, 4.69) is 17.2 Å². The largest absolute Gasteiger partial charge is 0.478 e. The second kappa shape index (κ2) is 7.51. The molecule has 0 aromatic heterocycles. The molecule has 5 nitrogen and oxygen atoms in total. The molecule has 0 aliphatic rings. The summed E-state index contributed by atoms with van der Waals surface area (Å²) in [6.45, 7) is 7.53. The van der Waals surface area contributed by atoms with E-state index < -0.39 is 17.7 Å². The third-order valence-electron chi connectivity index (χ3n) is 2.63. The van der Waals surface area contributed by atoms with Gasteiger partial charge in [-0.15, -0.1) is 0 Å². The van der Waals surface area contributed by atoms with E-state index in [9.17, 15) is 9.59 Å². The topological polar surface area (TPSA) is 75.6 Å². The van der Waals surface area contributed by atoms with Crippen molar-refractivity contribution in [2.75, 3.05) is 6.54 Å². The van der Waals surface area contributed by atoms with Crippen LogP contribution in [0.15, 0.2) is 18.2 Å². The lowest BCUT2D eigenvalue weighted by Gasteiger charge is -2.19. The Morgan fingerprint density at radius 2 is 2.00 bits per heavy atom. The molecule has 2 N–H and O–H groups in total. The van der Waals surface area contributed by atoms with Gasteiger partial charge in [0, 0.05) is 18.5 Å². The molecule has 0 aliphatic heterocycles. The molecule has 1 amide bonds. The Labute approximate surface area is 130 Å². The monoisotopic (exact) mass is 303 g/mol. The van der Waals surface area contributed by atoms with E-state index in [1.165, 1.54) is 6.07 Å². The minimum atomic E-state index is -1.00. The van der Waals surface area contributed by atoms with Gasteiger partial charge in [-0.1, -0.05) is 24.0 Å². The number of carboxylic acids is 1. The average Bonchev–Trinajstić information content (AvgIpc) is 2.37. The molecule has 0 spiro atoms. The summed E-state index contributed by atoms with van der Waals surface area (Å²) in [6, 6.07) is 5.03. The van der Waals surface area contributed by atoms with Crippen LogP contribution < -0.4 is 5.32 Å². The summed E-state index contributed by atoms with van der Waals surface area (Å²) < 4.78 is 5.10. The molecule has 118 valence electrons. The number of carboxylic acid groups (broad SMARTS) is 1. The summed E-state index contributed by atoms with van der Waals surface area (Å²) in [4.78, 5) is 22.6. The Hall–Kier alpha value is -2.48. The Kier molecular flexibility index (Phi) is 6.00. The number of hydrogen-bond donors (Lipinski definition) is 2. The number of hydrogen-bond acceptors (Lipinski definition) is 3. The first-order valence-corrected chi connectivity index (χ1v) is 6.99. The summed E-state index contributed by atoms with van der Waals surface area (Å²) in [5.74, 6) is 4.73. The zero-order valence-corrected chi connectivity index (χ0v) is 13.3. The summed E-state index contributed by atoms with van der Waals surface area (Å²) in [7, 11) is 0. The van der Waals surface area contributed by atoms with Crippen LogP contribution in [-0.4, -0.2) is 29.3 Å². The van der Waals surface area contributed by atoms with Crippen LogP contribution in [0.5, 0.6) is 0 Å². The number of carbonyl (C=O) groups excluding carboxylic acids is 1. The average molecular weight is 303 g/mol. The molecule has 0 fully saturated rings. The highest BCUT2D eigenvalue weighted by molar-refractivity contribution is 5.91. The van der Waals surface area contributed by atoms with Gasteiger partial charge in [0.25, 0.3) is 0 Å². The predicted octanol–water partition coefficient (Wildman–Crippen LogP) is 2.96. The van der Waals surface area contributed by atoms with Crippen molar-refractivity contribution >= 4 is 12.1 Å². The van der Waals surface area contributed by atoms with Crippen molar-refractivity contribution in [3.05, 3.63) is 34.9 Å². The Morgan fingerprint density at radius 3 is 2.59 bits per heavy atom. The smallest absolute Gasteiger partial charge is 0.407 e. The third-order valence-corrected chi connectivity index (χ3v) is 2.63. The van der Waals surface area contributed by atoms with Crippen molar-refractivity contribution < 1.29 is 19.4 Å². The van der Waals surface area contributed by atoms with Gasteiger partial charge in [0.1, 0.15) is 5.60 Å². The summed E-state index contributed by atoms with van der Waals surface area (Å²) in [5, 5.41) is 11.7. The lowest BCUT2D eigenvalue weighted by atomic mass is 10.0. The fraction of sp³-hybridized carbons (Fsp3) is 0.412. The van der Waals surface area contributed by atoms with Gasteiger partial charge in [-0.3, -0.25) is 0 Å². The number of ether oxygens (including phenoxy) is 1. The first-order valence-electron chi connectivity index (χ1n) is 6.99. The zero-order chi connectivity index (χ0) is 16.8. The van der Waals surface area contributed by atoms with Crippen molar-refractivity contribution in [3.8, 4) is 11.8 Å². The highest BCUT2D eigenvalue weighted by atomic mass is 16.6. The maximum atomic E-state index is 11.4. The highest BCUT2D eigenvalue weighted by Gasteiger charge is 2.15. The molecule has 0 saturated heterocycles. The number of amides is 1. The molecule has 22 heavy (non-hydrogen) atoms. The van der Waals surface area contributed by atoms with E-state index in [0.717, 1.165) is 5.56 Å². The van der Waals surface area contributed by atoms with Crippen LogP contribution in [0.3, 0.4) is 0 Å². The quantitative estimate of drug-likeness (QED) is 0.665. The van der Waals surface area contributed by atoms with Gasteiger partial charge in [-0.05, 0) is 39.3 Å². The first kappa shape index (κ1) is 17.6. The number of aryl methyl sites for hydroxylation is 1. The predicted molar refractivity (Wildman–Crippen MR) is 83.9 cm³/mol. The number of alkyl carbamates (subject to hydrolysis) is 1. The molecular formula is C17H21NO4. The van der Waals surface area contributed by atoms with E-state index in [4.69, 9.17) is 9.84 Å². The van der Waals surface area contributed by atoms with Crippen LogP contribution in [0, 0.1) is 18.8 Å². The van der Waals surface area contributed by atoms with Crippen LogP contribution in [0.1, 0.15) is 48.7 Å². The molecule has 0 saturated carbocycles. The molecule has 1 aromatic carbocycles. The van der Waals surface area contributed by atoms with Gasteiger partial charge in [-0.25, -0.2) is 9.59 Å².